The predicted octanol–water partition coefficient (Wildman–Crippen LogP) is 2.08. The molecular formula is C13H20N2O2S2. The van der Waals surface area contributed by atoms with Crippen LogP contribution in [0.3, 0.4) is 0 Å². The highest BCUT2D eigenvalue weighted by molar-refractivity contribution is 7.99. The van der Waals surface area contributed by atoms with Crippen LogP contribution in [0.4, 0.5) is 5.69 Å². The van der Waals surface area contributed by atoms with Gasteiger partial charge in [0.15, 0.2) is 0 Å². The Morgan fingerprint density at radius 1 is 1.42 bits per heavy atom. The molecular weight excluding hydrogens is 280 g/mol. The summed E-state index contributed by atoms with van der Waals surface area (Å²) >= 11 is 1.63. The smallest absolute Gasteiger partial charge is 0.240 e. The predicted molar refractivity (Wildman–Crippen MR) is 83.0 cm³/mol. The molecule has 0 saturated carbocycles. The molecule has 0 bridgehead atoms. The summed E-state index contributed by atoms with van der Waals surface area (Å²) < 4.78 is 27.0. The standard InChI is InChI=1S/C13H20N2O2S2/c1-4-6-18-7-5-15-19(16,17)13-9-12(14)8-10(2)11(13)3/h4,8-9,15H,1,5-7,14H2,2-3H3. The van der Waals surface area contributed by atoms with Gasteiger partial charge in [0.25, 0.3) is 0 Å². The number of benzene rings is 1. The fraction of sp³-hybridized carbons (Fsp3) is 0.385. The number of hydrogen-bond acceptors (Lipinski definition) is 4. The van der Waals surface area contributed by atoms with Crippen molar-refractivity contribution in [2.24, 2.45) is 0 Å². The second-order valence-corrected chi connectivity index (χ2v) is 7.11. The second kappa shape index (κ2) is 6.98. The summed E-state index contributed by atoms with van der Waals surface area (Å²) in [4.78, 5) is 0.263. The van der Waals surface area contributed by atoms with Gasteiger partial charge in [-0.25, -0.2) is 13.1 Å². The molecule has 1 rings (SSSR count). The number of nitrogens with two attached hydrogens (primary N) is 1. The van der Waals surface area contributed by atoms with E-state index >= 15 is 0 Å². The summed E-state index contributed by atoms with van der Waals surface area (Å²) in [5.74, 6) is 1.53. The Labute approximate surface area is 119 Å². The molecule has 1 aromatic rings. The van der Waals surface area contributed by atoms with Crippen LogP contribution in [0.1, 0.15) is 11.1 Å². The number of aryl methyl sites for hydroxylation is 1. The Balaban J connectivity index is 2.80. The van der Waals surface area contributed by atoms with Crippen molar-refractivity contribution in [3.05, 3.63) is 35.9 Å². The van der Waals surface area contributed by atoms with E-state index in [2.05, 4.69) is 11.3 Å². The Bertz CT molecular complexity index is 554. The van der Waals surface area contributed by atoms with Crippen LogP contribution in [-0.4, -0.2) is 26.5 Å². The summed E-state index contributed by atoms with van der Waals surface area (Å²) in [7, 11) is -3.49. The van der Waals surface area contributed by atoms with Crippen molar-refractivity contribution in [3.8, 4) is 0 Å². The lowest BCUT2D eigenvalue weighted by molar-refractivity contribution is 0.583. The minimum Gasteiger partial charge on any atom is -0.399 e. The van der Waals surface area contributed by atoms with E-state index in [1.54, 1.807) is 30.8 Å². The molecule has 0 amide bonds. The van der Waals surface area contributed by atoms with Crippen LogP contribution >= 0.6 is 11.8 Å². The maximum absolute atomic E-state index is 12.2. The Hall–Kier alpha value is -0.980. The SMILES string of the molecule is C=CCSCCNS(=O)(=O)c1cc(N)cc(C)c1C. The third-order valence-electron chi connectivity index (χ3n) is 2.71. The number of rotatable bonds is 7. The van der Waals surface area contributed by atoms with Crippen LogP contribution in [0.15, 0.2) is 29.7 Å². The summed E-state index contributed by atoms with van der Waals surface area (Å²) in [6, 6.07) is 3.27. The molecule has 0 heterocycles. The number of sulfonamides is 1. The highest BCUT2D eigenvalue weighted by Crippen LogP contribution is 2.22. The van der Waals surface area contributed by atoms with Crippen LogP contribution in [-0.2, 0) is 10.0 Å². The van der Waals surface area contributed by atoms with Crippen molar-refractivity contribution in [3.63, 3.8) is 0 Å². The monoisotopic (exact) mass is 300 g/mol. The van der Waals surface area contributed by atoms with Crippen LogP contribution in [0, 0.1) is 13.8 Å². The van der Waals surface area contributed by atoms with Crippen molar-refractivity contribution < 1.29 is 8.42 Å². The van der Waals surface area contributed by atoms with E-state index in [0.717, 1.165) is 16.9 Å². The topological polar surface area (TPSA) is 72.2 Å². The quantitative estimate of drug-likeness (QED) is 0.459. The lowest BCUT2D eigenvalue weighted by Crippen LogP contribution is -2.27. The molecule has 0 unspecified atom stereocenters. The lowest BCUT2D eigenvalue weighted by atomic mass is 10.1. The van der Waals surface area contributed by atoms with Crippen LogP contribution < -0.4 is 10.5 Å². The first-order valence-electron chi connectivity index (χ1n) is 5.93. The van der Waals surface area contributed by atoms with Gasteiger partial charge in [-0.05, 0) is 37.1 Å². The van der Waals surface area contributed by atoms with Crippen molar-refractivity contribution in [2.75, 3.05) is 23.8 Å². The first-order chi connectivity index (χ1) is 8.88. The molecule has 0 atom stereocenters. The number of hydrogen-bond donors (Lipinski definition) is 2. The van der Waals surface area contributed by atoms with Gasteiger partial charge in [0.2, 0.25) is 10.0 Å². The summed E-state index contributed by atoms with van der Waals surface area (Å²) in [5, 5.41) is 0. The molecule has 0 aliphatic heterocycles. The van der Waals surface area contributed by atoms with Crippen molar-refractivity contribution in [1.82, 2.24) is 4.72 Å². The van der Waals surface area contributed by atoms with Gasteiger partial charge in [0, 0.05) is 23.7 Å². The summed E-state index contributed by atoms with van der Waals surface area (Å²) in [5.41, 5.74) is 7.79. The van der Waals surface area contributed by atoms with E-state index in [0.29, 0.717) is 18.0 Å². The average molecular weight is 300 g/mol. The Morgan fingerprint density at radius 3 is 2.74 bits per heavy atom. The largest absolute Gasteiger partial charge is 0.399 e. The molecule has 0 radical (unpaired) electrons. The molecule has 3 N–H and O–H groups in total. The molecule has 0 aliphatic carbocycles. The zero-order valence-electron chi connectivity index (χ0n) is 11.3. The van der Waals surface area contributed by atoms with Gasteiger partial charge in [-0.3, -0.25) is 0 Å². The minimum absolute atomic E-state index is 0.263. The zero-order chi connectivity index (χ0) is 14.5. The fourth-order valence-electron chi connectivity index (χ4n) is 1.63. The number of anilines is 1. The van der Waals surface area contributed by atoms with Gasteiger partial charge in [-0.1, -0.05) is 6.08 Å². The summed E-state index contributed by atoms with van der Waals surface area (Å²) in [6.45, 7) is 7.65. The zero-order valence-corrected chi connectivity index (χ0v) is 12.9. The van der Waals surface area contributed by atoms with E-state index in [9.17, 15) is 8.42 Å². The van der Waals surface area contributed by atoms with E-state index in [1.807, 2.05) is 6.92 Å². The van der Waals surface area contributed by atoms with Gasteiger partial charge >= 0.3 is 0 Å². The maximum atomic E-state index is 12.2. The molecule has 0 spiro atoms. The molecule has 4 nitrogen and oxygen atoms in total. The lowest BCUT2D eigenvalue weighted by Gasteiger charge is -2.12. The maximum Gasteiger partial charge on any atom is 0.240 e. The van der Waals surface area contributed by atoms with Crippen LogP contribution in [0.5, 0.6) is 0 Å². The number of nitrogen functional groups attached to an aromatic ring is 1. The van der Waals surface area contributed by atoms with E-state index < -0.39 is 10.0 Å². The van der Waals surface area contributed by atoms with E-state index in [1.165, 1.54) is 6.07 Å². The van der Waals surface area contributed by atoms with Crippen molar-refractivity contribution in [2.45, 2.75) is 18.7 Å². The molecule has 0 aliphatic rings. The highest BCUT2D eigenvalue weighted by atomic mass is 32.2. The first-order valence-corrected chi connectivity index (χ1v) is 8.57. The molecule has 0 aromatic heterocycles. The fourth-order valence-corrected chi connectivity index (χ4v) is 3.72. The third kappa shape index (κ3) is 4.56. The molecule has 6 heteroatoms. The van der Waals surface area contributed by atoms with Crippen molar-refractivity contribution in [1.29, 1.82) is 0 Å². The summed E-state index contributed by atoms with van der Waals surface area (Å²) in [6.07, 6.45) is 1.80. The van der Waals surface area contributed by atoms with E-state index in [-0.39, 0.29) is 4.90 Å². The molecule has 1 aromatic carbocycles. The van der Waals surface area contributed by atoms with Crippen LogP contribution in [0.2, 0.25) is 0 Å². The molecule has 0 fully saturated rings. The van der Waals surface area contributed by atoms with Gasteiger partial charge in [-0.15, -0.1) is 6.58 Å². The van der Waals surface area contributed by atoms with E-state index in [4.69, 9.17) is 5.73 Å². The average Bonchev–Trinajstić information content (AvgIpc) is 2.33. The van der Waals surface area contributed by atoms with Gasteiger partial charge < -0.3 is 5.73 Å². The third-order valence-corrected chi connectivity index (χ3v) is 5.26. The second-order valence-electron chi connectivity index (χ2n) is 4.22. The Kier molecular flexibility index (Phi) is 5.90. The molecule has 106 valence electrons. The number of nitrogens with one attached hydrogen (secondary N) is 1. The van der Waals surface area contributed by atoms with Crippen molar-refractivity contribution >= 4 is 27.5 Å². The normalized spacial score (nSPS) is 11.5. The molecule has 0 saturated heterocycles. The highest BCUT2D eigenvalue weighted by Gasteiger charge is 2.17. The number of thioether (sulfide) groups is 1. The van der Waals surface area contributed by atoms with Gasteiger partial charge in [-0.2, -0.15) is 11.8 Å². The van der Waals surface area contributed by atoms with Gasteiger partial charge in [0.1, 0.15) is 0 Å². The van der Waals surface area contributed by atoms with Crippen LogP contribution in [0.25, 0.3) is 0 Å². The first kappa shape index (κ1) is 16.1. The minimum atomic E-state index is -3.49. The van der Waals surface area contributed by atoms with Gasteiger partial charge in [0.05, 0.1) is 4.90 Å². The molecule has 19 heavy (non-hydrogen) atoms. The Morgan fingerprint density at radius 2 is 2.11 bits per heavy atom.